The number of carbonyl (C=O) groups excluding carboxylic acids is 1. The fourth-order valence-electron chi connectivity index (χ4n) is 2.76. The van der Waals surface area contributed by atoms with Crippen molar-refractivity contribution in [3.63, 3.8) is 0 Å². The first-order valence-electron chi connectivity index (χ1n) is 8.19. The highest BCUT2D eigenvalue weighted by Crippen LogP contribution is 2.34. The second-order valence-electron chi connectivity index (χ2n) is 6.48. The molecule has 7 heteroatoms. The molecule has 0 aromatic heterocycles. The third kappa shape index (κ3) is 4.66. The Morgan fingerprint density at radius 2 is 1.69 bits per heavy atom. The van der Waals surface area contributed by atoms with Gasteiger partial charge < -0.3 is 5.73 Å². The van der Waals surface area contributed by atoms with Gasteiger partial charge >= 0.3 is 6.03 Å². The topological polar surface area (TPSA) is 111 Å². The van der Waals surface area contributed by atoms with Crippen molar-refractivity contribution in [2.75, 3.05) is 0 Å². The number of hydrogen-bond donors (Lipinski definition) is 2. The molecule has 26 heavy (non-hydrogen) atoms. The Kier molecular flexibility index (Phi) is 6.06. The van der Waals surface area contributed by atoms with Gasteiger partial charge in [-0.25, -0.2) is 10.2 Å². The van der Waals surface area contributed by atoms with E-state index in [2.05, 4.69) is 10.5 Å². The lowest BCUT2D eigenvalue weighted by molar-refractivity contribution is -0.565. The monoisotopic (exact) mass is 354 g/mol. The predicted molar refractivity (Wildman–Crippen MR) is 101 cm³/mol. The van der Waals surface area contributed by atoms with E-state index in [9.17, 15) is 14.9 Å². The SMILES string of the molecule is CC(C)(C(C/C(=N/NC(N)=O)c1ccccc1)c1ccccc1)[N+](=O)[O-]. The molecule has 0 fully saturated rings. The third-order valence-corrected chi connectivity index (χ3v) is 4.33. The van der Waals surface area contributed by atoms with E-state index in [-0.39, 0.29) is 11.3 Å². The number of primary amides is 1. The number of hydrazone groups is 1. The van der Waals surface area contributed by atoms with Crippen LogP contribution in [0.3, 0.4) is 0 Å². The van der Waals surface area contributed by atoms with E-state index in [4.69, 9.17) is 5.73 Å². The molecule has 3 N–H and O–H groups in total. The number of nitrogens with one attached hydrogen (secondary N) is 1. The summed E-state index contributed by atoms with van der Waals surface area (Å²) in [6.07, 6.45) is 0.266. The van der Waals surface area contributed by atoms with Gasteiger partial charge in [0.1, 0.15) is 0 Å². The van der Waals surface area contributed by atoms with Gasteiger partial charge in [-0.1, -0.05) is 60.7 Å². The number of nitrogens with zero attached hydrogens (tertiary/aromatic N) is 2. The molecule has 0 aliphatic rings. The van der Waals surface area contributed by atoms with E-state index in [0.29, 0.717) is 5.71 Å². The van der Waals surface area contributed by atoms with Crippen molar-refractivity contribution in [3.8, 4) is 0 Å². The van der Waals surface area contributed by atoms with Crippen LogP contribution in [0.1, 0.15) is 37.3 Å². The molecule has 1 unspecified atom stereocenters. The molecule has 0 heterocycles. The summed E-state index contributed by atoms with van der Waals surface area (Å²) in [4.78, 5) is 22.5. The Hall–Kier alpha value is -3.22. The fourth-order valence-corrected chi connectivity index (χ4v) is 2.76. The molecule has 0 radical (unpaired) electrons. The van der Waals surface area contributed by atoms with E-state index in [1.54, 1.807) is 13.8 Å². The number of urea groups is 1. The zero-order valence-corrected chi connectivity index (χ0v) is 14.8. The van der Waals surface area contributed by atoms with E-state index in [1.807, 2.05) is 60.7 Å². The van der Waals surface area contributed by atoms with E-state index in [0.717, 1.165) is 11.1 Å². The Morgan fingerprint density at radius 3 is 2.19 bits per heavy atom. The minimum absolute atomic E-state index is 0.266. The average molecular weight is 354 g/mol. The summed E-state index contributed by atoms with van der Waals surface area (Å²) in [5.74, 6) is -0.452. The van der Waals surface area contributed by atoms with Gasteiger partial charge in [0.05, 0.1) is 11.6 Å². The van der Waals surface area contributed by atoms with Crippen molar-refractivity contribution in [3.05, 3.63) is 81.9 Å². The zero-order valence-electron chi connectivity index (χ0n) is 14.8. The molecular formula is C19H22N4O3. The van der Waals surface area contributed by atoms with Crippen LogP contribution in [0, 0.1) is 10.1 Å². The summed E-state index contributed by atoms with van der Waals surface area (Å²) in [5, 5.41) is 15.8. The van der Waals surface area contributed by atoms with Crippen molar-refractivity contribution in [2.24, 2.45) is 10.8 Å². The van der Waals surface area contributed by atoms with Gasteiger partial charge in [0.25, 0.3) is 0 Å². The molecule has 2 aromatic rings. The van der Waals surface area contributed by atoms with Crippen LogP contribution in [0.25, 0.3) is 0 Å². The highest BCUT2D eigenvalue weighted by Gasteiger charge is 2.42. The van der Waals surface area contributed by atoms with Crippen molar-refractivity contribution in [2.45, 2.75) is 31.7 Å². The van der Waals surface area contributed by atoms with Crippen LogP contribution in [0.15, 0.2) is 65.8 Å². The van der Waals surface area contributed by atoms with Gasteiger partial charge in [-0.3, -0.25) is 10.1 Å². The Morgan fingerprint density at radius 1 is 1.15 bits per heavy atom. The van der Waals surface area contributed by atoms with Gasteiger partial charge in [0, 0.05) is 25.2 Å². The molecule has 2 aromatic carbocycles. The van der Waals surface area contributed by atoms with Crippen molar-refractivity contribution < 1.29 is 9.72 Å². The van der Waals surface area contributed by atoms with Gasteiger partial charge in [0.2, 0.25) is 5.54 Å². The van der Waals surface area contributed by atoms with Crippen molar-refractivity contribution in [1.29, 1.82) is 0 Å². The minimum atomic E-state index is -1.23. The van der Waals surface area contributed by atoms with Crippen LogP contribution in [-0.4, -0.2) is 22.2 Å². The lowest BCUT2D eigenvalue weighted by atomic mass is 9.78. The highest BCUT2D eigenvalue weighted by atomic mass is 16.6. The number of rotatable bonds is 7. The Balaban J connectivity index is 2.47. The standard InChI is InChI=1S/C19H22N4O3/c1-19(2,23(25)26)16(14-9-5-3-6-10-14)13-17(21-22-18(20)24)15-11-7-4-8-12-15/h3-12,16H,13H2,1-2H3,(H3,20,22,24)/b21-17-. The van der Waals surface area contributed by atoms with Gasteiger partial charge in [0.15, 0.2) is 0 Å². The maximum absolute atomic E-state index is 11.7. The molecule has 2 rings (SSSR count). The molecule has 0 saturated carbocycles. The number of nitro groups is 1. The molecule has 2 amide bonds. The van der Waals surface area contributed by atoms with Gasteiger partial charge in [-0.2, -0.15) is 5.10 Å². The highest BCUT2D eigenvalue weighted by molar-refractivity contribution is 6.01. The summed E-state index contributed by atoms with van der Waals surface area (Å²) in [6, 6.07) is 17.7. The molecule has 0 spiro atoms. The lowest BCUT2D eigenvalue weighted by Crippen LogP contribution is -2.39. The summed E-state index contributed by atoms with van der Waals surface area (Å²) < 4.78 is 0. The van der Waals surface area contributed by atoms with Gasteiger partial charge in [-0.15, -0.1) is 0 Å². The first kappa shape index (κ1) is 19.1. The third-order valence-electron chi connectivity index (χ3n) is 4.33. The molecule has 0 bridgehead atoms. The first-order valence-corrected chi connectivity index (χ1v) is 8.19. The number of benzene rings is 2. The van der Waals surface area contributed by atoms with Gasteiger partial charge in [-0.05, 0) is 11.1 Å². The number of nitrogens with two attached hydrogens (primary N) is 1. The normalized spacial score (nSPS) is 13.1. The predicted octanol–water partition coefficient (Wildman–Crippen LogP) is 3.29. The molecule has 0 aliphatic carbocycles. The Labute approximate surface area is 152 Å². The van der Waals surface area contributed by atoms with Crippen molar-refractivity contribution >= 4 is 11.7 Å². The summed E-state index contributed by atoms with van der Waals surface area (Å²) in [6.45, 7) is 3.18. The average Bonchev–Trinajstić information content (AvgIpc) is 2.62. The van der Waals surface area contributed by atoms with Crippen LogP contribution in [0.4, 0.5) is 4.79 Å². The van der Waals surface area contributed by atoms with Crippen molar-refractivity contribution in [1.82, 2.24) is 5.43 Å². The molecular weight excluding hydrogens is 332 g/mol. The summed E-state index contributed by atoms with van der Waals surface area (Å²) >= 11 is 0. The maximum atomic E-state index is 11.7. The summed E-state index contributed by atoms with van der Waals surface area (Å²) in [7, 11) is 0. The summed E-state index contributed by atoms with van der Waals surface area (Å²) in [5.41, 5.74) is 8.25. The largest absolute Gasteiger partial charge is 0.350 e. The number of hydrogen-bond acceptors (Lipinski definition) is 4. The molecule has 0 saturated heterocycles. The van der Waals surface area contributed by atoms with Crippen LogP contribution in [-0.2, 0) is 0 Å². The molecule has 0 aliphatic heterocycles. The molecule has 1 atom stereocenters. The molecule has 7 nitrogen and oxygen atoms in total. The van der Waals surface area contributed by atoms with Crippen LogP contribution < -0.4 is 11.2 Å². The second-order valence-corrected chi connectivity index (χ2v) is 6.48. The van der Waals surface area contributed by atoms with E-state index < -0.39 is 17.5 Å². The lowest BCUT2D eigenvalue weighted by Gasteiger charge is -2.27. The minimum Gasteiger partial charge on any atom is -0.350 e. The maximum Gasteiger partial charge on any atom is 0.332 e. The number of amides is 2. The first-order chi connectivity index (χ1) is 12.3. The van der Waals surface area contributed by atoms with E-state index in [1.165, 1.54) is 0 Å². The fraction of sp³-hybridized carbons (Fsp3) is 0.263. The van der Waals surface area contributed by atoms with Crippen LogP contribution in [0.2, 0.25) is 0 Å². The number of carbonyl (C=O) groups is 1. The zero-order chi connectivity index (χ0) is 19.2. The Bertz CT molecular complexity index is 789. The van der Waals surface area contributed by atoms with E-state index >= 15 is 0 Å². The quantitative estimate of drug-likeness (QED) is 0.452. The van der Waals surface area contributed by atoms with Crippen LogP contribution >= 0.6 is 0 Å². The second kappa shape index (κ2) is 8.24. The van der Waals surface area contributed by atoms with Crippen LogP contribution in [0.5, 0.6) is 0 Å². The smallest absolute Gasteiger partial charge is 0.332 e. The molecule has 136 valence electrons.